The first-order chi connectivity index (χ1) is 7.88. The topological polar surface area (TPSA) is 103 Å². The third-order valence-corrected chi connectivity index (χ3v) is 1.84. The first kappa shape index (κ1) is 12.7. The molecule has 0 aliphatic rings. The summed E-state index contributed by atoms with van der Waals surface area (Å²) in [5, 5.41) is 19.2. The maximum atomic E-state index is 12.6. The van der Waals surface area contributed by atoms with Crippen molar-refractivity contribution in [2.24, 2.45) is 0 Å². The Kier molecular flexibility index (Phi) is 3.51. The van der Waals surface area contributed by atoms with E-state index in [0.29, 0.717) is 6.07 Å². The van der Waals surface area contributed by atoms with E-state index in [1.807, 2.05) is 0 Å². The lowest BCUT2D eigenvalue weighted by Gasteiger charge is -2.07. The summed E-state index contributed by atoms with van der Waals surface area (Å²) in [4.78, 5) is 23.4. The molecule has 92 valence electrons. The summed E-state index contributed by atoms with van der Waals surface area (Å²) in [6.07, 6.45) is -3.32. The minimum Gasteiger partial charge on any atom is -0.481 e. The summed E-state index contributed by atoms with van der Waals surface area (Å²) in [5.41, 5.74) is -3.36. The normalized spacial score (nSPS) is 10.4. The third kappa shape index (κ3) is 2.44. The highest BCUT2D eigenvalue weighted by atomic mass is 19.3. The molecular weight excluding hydrogens is 242 g/mol. The Labute approximate surface area is 92.8 Å². The van der Waals surface area contributed by atoms with E-state index < -0.39 is 40.1 Å². The van der Waals surface area contributed by atoms with Crippen LogP contribution >= 0.6 is 0 Å². The monoisotopic (exact) mass is 248 g/mol. The summed E-state index contributed by atoms with van der Waals surface area (Å²) in [6.45, 7) is 0. The molecule has 0 radical (unpaired) electrons. The number of alkyl halides is 2. The highest BCUT2D eigenvalue weighted by molar-refractivity contribution is 5.88. The number of hydrogen-bond donors (Lipinski definition) is 1. The van der Waals surface area contributed by atoms with Gasteiger partial charge in [-0.15, -0.1) is 0 Å². The molecule has 0 aromatic carbocycles. The Hall–Kier alpha value is -2.32. The molecule has 1 N–H and O–H groups in total. The lowest BCUT2D eigenvalue weighted by atomic mass is 10.1. The van der Waals surface area contributed by atoms with Crippen LogP contribution in [0.3, 0.4) is 0 Å². The van der Waals surface area contributed by atoms with E-state index in [-0.39, 0.29) is 0 Å². The lowest BCUT2D eigenvalue weighted by Crippen LogP contribution is -2.10. The number of methoxy groups -OCH3 is 1. The van der Waals surface area contributed by atoms with Gasteiger partial charge in [0.1, 0.15) is 5.56 Å². The van der Waals surface area contributed by atoms with E-state index in [9.17, 15) is 23.7 Å². The predicted molar refractivity (Wildman–Crippen MR) is 49.4 cm³/mol. The zero-order chi connectivity index (χ0) is 13.2. The molecule has 1 rings (SSSR count). The minimum absolute atomic E-state index is 0.418. The third-order valence-electron chi connectivity index (χ3n) is 1.84. The van der Waals surface area contributed by atoms with Crippen molar-refractivity contribution >= 4 is 11.7 Å². The number of nitrogens with zero attached hydrogens (tertiary/aromatic N) is 2. The number of rotatable bonds is 4. The molecule has 0 bridgehead atoms. The second kappa shape index (κ2) is 4.68. The first-order valence-electron chi connectivity index (χ1n) is 4.13. The average Bonchev–Trinajstić information content (AvgIpc) is 2.26. The van der Waals surface area contributed by atoms with Crippen molar-refractivity contribution in [3.63, 3.8) is 0 Å². The van der Waals surface area contributed by atoms with Gasteiger partial charge in [0.2, 0.25) is 5.88 Å². The summed E-state index contributed by atoms with van der Waals surface area (Å²) in [6, 6.07) is 0.647. The first-order valence-corrected chi connectivity index (χ1v) is 4.13. The van der Waals surface area contributed by atoms with Gasteiger partial charge in [-0.1, -0.05) is 0 Å². The van der Waals surface area contributed by atoms with Crippen molar-refractivity contribution in [2.75, 3.05) is 7.11 Å². The highest BCUT2D eigenvalue weighted by Gasteiger charge is 2.31. The van der Waals surface area contributed by atoms with Crippen LogP contribution in [0.2, 0.25) is 0 Å². The molecular formula is C8H6F2N2O5. The number of carbonyl (C=O) groups is 1. The molecule has 0 saturated carbocycles. The van der Waals surface area contributed by atoms with Crippen LogP contribution in [0.25, 0.3) is 0 Å². The molecule has 0 amide bonds. The fourth-order valence-corrected chi connectivity index (χ4v) is 1.15. The number of aromatic carboxylic acids is 1. The fraction of sp³-hybridized carbons (Fsp3) is 0.250. The van der Waals surface area contributed by atoms with Gasteiger partial charge in [0.05, 0.1) is 18.1 Å². The van der Waals surface area contributed by atoms with E-state index in [4.69, 9.17) is 5.11 Å². The van der Waals surface area contributed by atoms with Crippen LogP contribution in [0.1, 0.15) is 22.5 Å². The lowest BCUT2D eigenvalue weighted by molar-refractivity contribution is -0.386. The van der Waals surface area contributed by atoms with Gasteiger partial charge in [0, 0.05) is 0 Å². The van der Waals surface area contributed by atoms with Crippen molar-refractivity contribution in [1.82, 2.24) is 4.98 Å². The number of halogens is 2. The van der Waals surface area contributed by atoms with Gasteiger partial charge in [0.15, 0.2) is 5.69 Å². The molecule has 1 heterocycles. The second-order valence-electron chi connectivity index (χ2n) is 2.81. The maximum Gasteiger partial charge on any atom is 0.355 e. The van der Waals surface area contributed by atoms with Gasteiger partial charge < -0.3 is 9.84 Å². The summed E-state index contributed by atoms with van der Waals surface area (Å²) in [5.74, 6) is -2.21. The van der Waals surface area contributed by atoms with E-state index in [1.165, 1.54) is 0 Å². The summed E-state index contributed by atoms with van der Waals surface area (Å²) >= 11 is 0. The van der Waals surface area contributed by atoms with Gasteiger partial charge in [-0.05, 0) is 0 Å². The van der Waals surface area contributed by atoms with E-state index in [1.54, 1.807) is 0 Å². The highest BCUT2D eigenvalue weighted by Crippen LogP contribution is 2.33. The number of aromatic nitrogens is 1. The van der Waals surface area contributed by atoms with Crippen molar-refractivity contribution in [3.05, 3.63) is 27.4 Å². The molecule has 0 aliphatic carbocycles. The van der Waals surface area contributed by atoms with Crippen molar-refractivity contribution in [2.45, 2.75) is 6.43 Å². The Morgan fingerprint density at radius 2 is 2.24 bits per heavy atom. The quantitative estimate of drug-likeness (QED) is 0.641. The minimum atomic E-state index is -3.32. The van der Waals surface area contributed by atoms with Crippen LogP contribution in [0.15, 0.2) is 6.07 Å². The van der Waals surface area contributed by atoms with E-state index >= 15 is 0 Å². The molecule has 1 aromatic rings. The van der Waals surface area contributed by atoms with Crippen LogP contribution in [0.5, 0.6) is 5.88 Å². The Balaban J connectivity index is 3.61. The molecule has 0 fully saturated rings. The molecule has 0 saturated heterocycles. The molecule has 0 unspecified atom stereocenters. The van der Waals surface area contributed by atoms with Crippen LogP contribution < -0.4 is 4.74 Å². The molecule has 7 nitrogen and oxygen atoms in total. The Morgan fingerprint density at radius 1 is 1.65 bits per heavy atom. The number of nitro groups is 1. The summed E-state index contributed by atoms with van der Waals surface area (Å²) in [7, 11) is 1.08. The zero-order valence-corrected chi connectivity index (χ0v) is 8.39. The van der Waals surface area contributed by atoms with Gasteiger partial charge in [-0.3, -0.25) is 10.1 Å². The maximum absolute atomic E-state index is 12.6. The zero-order valence-electron chi connectivity index (χ0n) is 8.39. The van der Waals surface area contributed by atoms with Crippen LogP contribution in [0.4, 0.5) is 14.5 Å². The number of hydrogen-bond acceptors (Lipinski definition) is 5. The molecule has 0 aliphatic heterocycles. The largest absolute Gasteiger partial charge is 0.481 e. The number of ether oxygens (including phenoxy) is 1. The van der Waals surface area contributed by atoms with Crippen molar-refractivity contribution in [3.8, 4) is 5.88 Å². The molecule has 0 spiro atoms. The molecule has 9 heteroatoms. The Bertz CT molecular complexity index is 442. The SMILES string of the molecule is COc1cc([N+](=O)[O-])c(C(F)F)c(C(=O)O)n1. The number of carboxylic acids is 1. The molecule has 1 aromatic heterocycles. The summed E-state index contributed by atoms with van der Waals surface area (Å²) < 4.78 is 29.7. The van der Waals surface area contributed by atoms with Crippen LogP contribution in [-0.2, 0) is 0 Å². The second-order valence-corrected chi connectivity index (χ2v) is 2.81. The predicted octanol–water partition coefficient (Wildman–Crippen LogP) is 1.63. The van der Waals surface area contributed by atoms with Crippen LogP contribution in [0, 0.1) is 10.1 Å². The smallest absolute Gasteiger partial charge is 0.355 e. The fourth-order valence-electron chi connectivity index (χ4n) is 1.15. The number of carboxylic acid groups (broad SMARTS) is 1. The van der Waals surface area contributed by atoms with Gasteiger partial charge >= 0.3 is 5.97 Å². The van der Waals surface area contributed by atoms with Crippen molar-refractivity contribution in [1.29, 1.82) is 0 Å². The van der Waals surface area contributed by atoms with Crippen molar-refractivity contribution < 1.29 is 28.3 Å². The van der Waals surface area contributed by atoms with E-state index in [0.717, 1.165) is 7.11 Å². The molecule has 17 heavy (non-hydrogen) atoms. The van der Waals surface area contributed by atoms with Gasteiger partial charge in [-0.2, -0.15) is 0 Å². The van der Waals surface area contributed by atoms with Gasteiger partial charge in [-0.25, -0.2) is 18.6 Å². The molecule has 0 atom stereocenters. The van der Waals surface area contributed by atoms with E-state index in [2.05, 4.69) is 9.72 Å². The average molecular weight is 248 g/mol. The number of pyridine rings is 1. The van der Waals surface area contributed by atoms with Crippen LogP contribution in [-0.4, -0.2) is 28.1 Å². The van der Waals surface area contributed by atoms with Gasteiger partial charge in [0.25, 0.3) is 12.1 Å². The Morgan fingerprint density at radius 3 is 2.59 bits per heavy atom. The standard InChI is InChI=1S/C8H6F2N2O5/c1-17-4-2-3(12(15)16)5(7(9)10)6(11-4)8(13)14/h2,7H,1H3,(H,13,14).